The van der Waals surface area contributed by atoms with Crippen LogP contribution in [0.2, 0.25) is 0 Å². The first-order chi connectivity index (χ1) is 8.69. The number of thioether (sulfide) groups is 2. The molecular weight excluding hydrogens is 288 g/mol. The third-order valence-electron chi connectivity index (χ3n) is 2.13. The molecule has 0 aliphatic rings. The van der Waals surface area contributed by atoms with Crippen molar-refractivity contribution in [3.63, 3.8) is 0 Å². The Bertz CT molecular complexity index is 580. The van der Waals surface area contributed by atoms with Gasteiger partial charge >= 0.3 is 0 Å². The van der Waals surface area contributed by atoms with Crippen LogP contribution < -0.4 is 11.3 Å². The van der Waals surface area contributed by atoms with Gasteiger partial charge in [0.2, 0.25) is 0 Å². The van der Waals surface area contributed by atoms with Gasteiger partial charge < -0.3 is 10.3 Å². The SMILES string of the molecule is CSc1nnc(SCCn2cc(N)ccc2=O)s1. The smallest absolute Gasteiger partial charge is 0.250 e. The summed E-state index contributed by atoms with van der Waals surface area (Å²) in [6.07, 6.45) is 3.64. The van der Waals surface area contributed by atoms with E-state index in [1.807, 2.05) is 6.26 Å². The number of aromatic nitrogens is 3. The van der Waals surface area contributed by atoms with E-state index in [9.17, 15) is 4.79 Å². The van der Waals surface area contributed by atoms with Crippen molar-refractivity contribution in [2.45, 2.75) is 15.2 Å². The molecule has 0 saturated carbocycles. The molecule has 0 saturated heterocycles. The lowest BCUT2D eigenvalue weighted by Gasteiger charge is -2.04. The van der Waals surface area contributed by atoms with Crippen molar-refractivity contribution in [1.29, 1.82) is 0 Å². The first-order valence-corrected chi connectivity index (χ1v) is 8.18. The van der Waals surface area contributed by atoms with E-state index in [2.05, 4.69) is 10.2 Å². The first-order valence-electron chi connectivity index (χ1n) is 5.15. The van der Waals surface area contributed by atoms with Crippen LogP contribution in [0, 0.1) is 0 Å². The summed E-state index contributed by atoms with van der Waals surface area (Å²) in [6.45, 7) is 0.614. The van der Waals surface area contributed by atoms with Gasteiger partial charge in [-0.25, -0.2) is 0 Å². The normalized spacial score (nSPS) is 10.7. The van der Waals surface area contributed by atoms with Gasteiger partial charge in [-0.3, -0.25) is 4.79 Å². The predicted octanol–water partition coefficient (Wildman–Crippen LogP) is 1.80. The van der Waals surface area contributed by atoms with E-state index in [1.165, 1.54) is 6.07 Å². The summed E-state index contributed by atoms with van der Waals surface area (Å²) < 4.78 is 3.49. The summed E-state index contributed by atoms with van der Waals surface area (Å²) >= 11 is 4.75. The second-order valence-electron chi connectivity index (χ2n) is 3.38. The van der Waals surface area contributed by atoms with Crippen LogP contribution in [0.25, 0.3) is 0 Å². The second kappa shape index (κ2) is 6.26. The third kappa shape index (κ3) is 3.50. The quantitative estimate of drug-likeness (QED) is 0.849. The van der Waals surface area contributed by atoms with Crippen LogP contribution >= 0.6 is 34.9 Å². The van der Waals surface area contributed by atoms with Crippen molar-refractivity contribution in [2.24, 2.45) is 0 Å². The van der Waals surface area contributed by atoms with Crippen molar-refractivity contribution in [2.75, 3.05) is 17.7 Å². The van der Waals surface area contributed by atoms with E-state index in [4.69, 9.17) is 5.73 Å². The highest BCUT2D eigenvalue weighted by Crippen LogP contribution is 2.27. The summed E-state index contributed by atoms with van der Waals surface area (Å²) in [4.78, 5) is 11.5. The Kier molecular flexibility index (Phi) is 4.67. The van der Waals surface area contributed by atoms with Crippen LogP contribution in [0.4, 0.5) is 5.69 Å². The van der Waals surface area contributed by atoms with Gasteiger partial charge in [0.1, 0.15) is 0 Å². The molecule has 0 aromatic carbocycles. The summed E-state index contributed by atoms with van der Waals surface area (Å²) in [5, 5.41) is 8.07. The maximum atomic E-state index is 11.5. The minimum Gasteiger partial charge on any atom is -0.398 e. The highest BCUT2D eigenvalue weighted by Gasteiger charge is 2.04. The van der Waals surface area contributed by atoms with Crippen LogP contribution in [0.3, 0.4) is 0 Å². The van der Waals surface area contributed by atoms with Crippen molar-refractivity contribution in [1.82, 2.24) is 14.8 Å². The zero-order valence-electron chi connectivity index (χ0n) is 9.70. The number of anilines is 1. The molecule has 18 heavy (non-hydrogen) atoms. The van der Waals surface area contributed by atoms with E-state index in [0.717, 1.165) is 14.4 Å². The average Bonchev–Trinajstić information content (AvgIpc) is 2.81. The second-order valence-corrected chi connectivity index (χ2v) is 6.75. The molecule has 5 nitrogen and oxygen atoms in total. The average molecular weight is 300 g/mol. The number of nitrogen functional groups attached to an aromatic ring is 1. The number of aryl methyl sites for hydroxylation is 1. The fourth-order valence-corrected chi connectivity index (χ4v) is 3.74. The highest BCUT2D eigenvalue weighted by molar-refractivity contribution is 8.02. The van der Waals surface area contributed by atoms with Gasteiger partial charge in [-0.2, -0.15) is 0 Å². The van der Waals surface area contributed by atoms with Crippen molar-refractivity contribution in [3.05, 3.63) is 28.7 Å². The number of hydrogen-bond donors (Lipinski definition) is 1. The molecular formula is C10H12N4OS3. The fraction of sp³-hybridized carbons (Fsp3) is 0.300. The zero-order chi connectivity index (χ0) is 13.0. The Morgan fingerprint density at radius 3 is 2.89 bits per heavy atom. The van der Waals surface area contributed by atoms with Gasteiger partial charge in [-0.1, -0.05) is 34.9 Å². The molecule has 0 unspecified atom stereocenters. The number of nitrogens with zero attached hydrogens (tertiary/aromatic N) is 3. The van der Waals surface area contributed by atoms with Crippen LogP contribution in [0.1, 0.15) is 0 Å². The molecule has 2 aromatic rings. The highest BCUT2D eigenvalue weighted by atomic mass is 32.2. The third-order valence-corrected chi connectivity index (χ3v) is 5.14. The number of rotatable bonds is 5. The largest absolute Gasteiger partial charge is 0.398 e. The van der Waals surface area contributed by atoms with Crippen molar-refractivity contribution >= 4 is 40.5 Å². The Hall–Kier alpha value is -0.990. The van der Waals surface area contributed by atoms with Crippen LogP contribution in [-0.2, 0) is 6.54 Å². The van der Waals surface area contributed by atoms with E-state index < -0.39 is 0 Å². The standard InChI is InChI=1S/C10H12N4OS3/c1-16-9-12-13-10(18-9)17-5-4-14-6-7(11)2-3-8(14)15/h2-3,6H,4-5,11H2,1H3. The molecule has 2 rings (SSSR count). The Morgan fingerprint density at radius 2 is 2.17 bits per heavy atom. The molecule has 2 heterocycles. The lowest BCUT2D eigenvalue weighted by Crippen LogP contribution is -2.19. The van der Waals surface area contributed by atoms with Gasteiger partial charge in [0, 0.05) is 30.2 Å². The molecule has 0 amide bonds. The van der Waals surface area contributed by atoms with E-state index in [0.29, 0.717) is 12.2 Å². The van der Waals surface area contributed by atoms with Gasteiger partial charge in [0.25, 0.3) is 5.56 Å². The molecule has 0 aliphatic heterocycles. The summed E-state index contributed by atoms with van der Waals surface area (Å²) in [5.74, 6) is 0.770. The van der Waals surface area contributed by atoms with E-state index >= 15 is 0 Å². The molecule has 0 radical (unpaired) electrons. The minimum atomic E-state index is -0.0353. The molecule has 96 valence electrons. The maximum Gasteiger partial charge on any atom is 0.250 e. The maximum absolute atomic E-state index is 11.5. The Labute approximate surface area is 117 Å². The number of pyridine rings is 1. The predicted molar refractivity (Wildman–Crippen MR) is 77.5 cm³/mol. The van der Waals surface area contributed by atoms with Crippen molar-refractivity contribution < 1.29 is 0 Å². The summed E-state index contributed by atoms with van der Waals surface area (Å²) in [7, 11) is 0. The monoisotopic (exact) mass is 300 g/mol. The molecule has 0 spiro atoms. The zero-order valence-corrected chi connectivity index (χ0v) is 12.1. The van der Waals surface area contributed by atoms with Crippen LogP contribution in [-0.4, -0.2) is 26.8 Å². The molecule has 0 fully saturated rings. The molecule has 0 aliphatic carbocycles. The van der Waals surface area contributed by atoms with Crippen LogP contribution in [0.15, 0.2) is 31.8 Å². The van der Waals surface area contributed by atoms with E-state index in [1.54, 1.807) is 51.7 Å². The number of hydrogen-bond acceptors (Lipinski definition) is 7. The fourth-order valence-electron chi connectivity index (χ4n) is 1.29. The topological polar surface area (TPSA) is 73.8 Å². The molecule has 0 bridgehead atoms. The first kappa shape index (κ1) is 13.4. The van der Waals surface area contributed by atoms with Gasteiger partial charge in [0.15, 0.2) is 8.68 Å². The van der Waals surface area contributed by atoms with Crippen LogP contribution in [0.5, 0.6) is 0 Å². The Balaban J connectivity index is 1.92. The molecule has 8 heteroatoms. The molecule has 0 atom stereocenters. The van der Waals surface area contributed by atoms with Crippen molar-refractivity contribution in [3.8, 4) is 0 Å². The minimum absolute atomic E-state index is 0.0353. The van der Waals surface area contributed by atoms with Gasteiger partial charge in [-0.05, 0) is 12.3 Å². The lowest BCUT2D eigenvalue weighted by atomic mass is 10.4. The molecule has 2 N–H and O–H groups in total. The molecule has 2 aromatic heterocycles. The summed E-state index contributed by atoms with van der Waals surface area (Å²) in [6, 6.07) is 3.10. The van der Waals surface area contributed by atoms with Gasteiger partial charge in [-0.15, -0.1) is 10.2 Å². The number of nitrogens with two attached hydrogens (primary N) is 1. The lowest BCUT2D eigenvalue weighted by molar-refractivity contribution is 0.736. The summed E-state index contributed by atoms with van der Waals surface area (Å²) in [5.41, 5.74) is 6.20. The van der Waals surface area contributed by atoms with E-state index in [-0.39, 0.29) is 5.56 Å². The Morgan fingerprint density at radius 1 is 1.39 bits per heavy atom. The van der Waals surface area contributed by atoms with Gasteiger partial charge in [0.05, 0.1) is 0 Å².